The number of hydrogen-bond donors (Lipinski definition) is 1. The first kappa shape index (κ1) is 12.5. The van der Waals surface area contributed by atoms with Gasteiger partial charge in [-0.1, -0.05) is 18.2 Å². The van der Waals surface area contributed by atoms with E-state index in [0.717, 1.165) is 11.3 Å². The summed E-state index contributed by atoms with van der Waals surface area (Å²) in [7, 11) is 0. The van der Waals surface area contributed by atoms with Crippen molar-refractivity contribution < 1.29 is 5.11 Å². The summed E-state index contributed by atoms with van der Waals surface area (Å²) < 4.78 is 0. The molecule has 3 rings (SSSR count). The molecule has 20 heavy (non-hydrogen) atoms. The number of pyridine rings is 1. The van der Waals surface area contributed by atoms with E-state index in [1.54, 1.807) is 18.6 Å². The summed E-state index contributed by atoms with van der Waals surface area (Å²) in [5.41, 5.74) is 2.45. The molecule has 2 heterocycles. The average molecular weight is 266 g/mol. The lowest BCUT2D eigenvalue weighted by molar-refractivity contribution is 0.173. The van der Waals surface area contributed by atoms with Crippen molar-refractivity contribution in [1.82, 2.24) is 20.0 Å². The van der Waals surface area contributed by atoms with Crippen LogP contribution in [0.15, 0.2) is 61.1 Å². The van der Waals surface area contributed by atoms with Crippen LogP contribution in [0.4, 0.5) is 0 Å². The van der Waals surface area contributed by atoms with Crippen molar-refractivity contribution in [1.29, 1.82) is 0 Å². The van der Waals surface area contributed by atoms with Crippen molar-refractivity contribution in [3.05, 3.63) is 72.3 Å². The van der Waals surface area contributed by atoms with Gasteiger partial charge in [0.05, 0.1) is 11.9 Å². The van der Waals surface area contributed by atoms with Gasteiger partial charge in [-0.15, -0.1) is 0 Å². The Bertz CT molecular complexity index is 667. The summed E-state index contributed by atoms with van der Waals surface area (Å²) in [5, 5.41) is 18.7. The predicted octanol–water partition coefficient (Wildman–Crippen LogP) is 1.94. The van der Waals surface area contributed by atoms with E-state index >= 15 is 0 Å². The summed E-state index contributed by atoms with van der Waals surface area (Å²) in [6, 6.07) is 13.4. The Hall–Kier alpha value is -2.53. The van der Waals surface area contributed by atoms with E-state index in [4.69, 9.17) is 0 Å². The zero-order valence-corrected chi connectivity index (χ0v) is 10.8. The third-order valence-electron chi connectivity index (χ3n) is 3.02. The number of aliphatic hydroxyl groups excluding tert-OH is 1. The molecule has 0 bridgehead atoms. The molecule has 1 aromatic carbocycles. The zero-order chi connectivity index (χ0) is 13.8. The van der Waals surface area contributed by atoms with Gasteiger partial charge >= 0.3 is 0 Å². The maximum atomic E-state index is 10.2. The summed E-state index contributed by atoms with van der Waals surface area (Å²) in [6.07, 6.45) is 4.84. The molecule has 1 N–H and O–H groups in total. The maximum absolute atomic E-state index is 10.2. The minimum atomic E-state index is -0.671. The number of rotatable bonds is 4. The highest BCUT2D eigenvalue weighted by atomic mass is 16.3. The van der Waals surface area contributed by atoms with Crippen LogP contribution in [0.3, 0.4) is 0 Å². The molecular formula is C15H14N4O. The molecule has 3 aromatic rings. The van der Waals surface area contributed by atoms with Crippen LogP contribution >= 0.6 is 0 Å². The highest BCUT2D eigenvalue weighted by Gasteiger charge is 2.13. The predicted molar refractivity (Wildman–Crippen MR) is 74.3 cm³/mol. The summed E-state index contributed by atoms with van der Waals surface area (Å²) in [4.78, 5) is 5.47. The monoisotopic (exact) mass is 266 g/mol. The van der Waals surface area contributed by atoms with Gasteiger partial charge in [0.2, 0.25) is 0 Å². The fraction of sp³-hybridized carbons (Fsp3) is 0.133. The van der Waals surface area contributed by atoms with Gasteiger partial charge in [0, 0.05) is 18.8 Å². The molecule has 1 atom stereocenters. The lowest BCUT2D eigenvalue weighted by Gasteiger charge is -2.06. The van der Waals surface area contributed by atoms with Gasteiger partial charge < -0.3 is 5.11 Å². The number of aromatic nitrogens is 4. The normalized spacial score (nSPS) is 12.2. The molecular weight excluding hydrogens is 252 g/mol. The van der Waals surface area contributed by atoms with Crippen molar-refractivity contribution in [2.24, 2.45) is 0 Å². The van der Waals surface area contributed by atoms with Gasteiger partial charge in [0.25, 0.3) is 0 Å². The Balaban J connectivity index is 1.77. The van der Waals surface area contributed by atoms with Crippen LogP contribution in [0.5, 0.6) is 0 Å². The second kappa shape index (κ2) is 5.63. The first-order chi connectivity index (χ1) is 9.83. The molecule has 0 saturated carbocycles. The van der Waals surface area contributed by atoms with Crippen LogP contribution < -0.4 is 0 Å². The van der Waals surface area contributed by atoms with Crippen LogP contribution in [0.25, 0.3) is 5.69 Å². The molecule has 0 amide bonds. The Morgan fingerprint density at radius 2 is 1.80 bits per heavy atom. The smallest absolute Gasteiger partial charge is 0.112 e. The van der Waals surface area contributed by atoms with Crippen LogP contribution in [0.1, 0.15) is 17.4 Å². The molecule has 0 radical (unpaired) electrons. The Morgan fingerprint density at radius 3 is 2.55 bits per heavy atom. The standard InChI is InChI=1S/C15H14N4O/c20-15(10-12-6-8-16-9-7-12)14-11-17-19(18-14)13-4-2-1-3-5-13/h1-9,11,15,20H,10H2. The SMILES string of the molecule is OC(Cc1ccncc1)c1cnn(-c2ccccc2)n1. The highest BCUT2D eigenvalue weighted by Crippen LogP contribution is 2.16. The van der Waals surface area contributed by atoms with Gasteiger partial charge in [0.1, 0.15) is 11.8 Å². The van der Waals surface area contributed by atoms with Gasteiger partial charge in [-0.05, 0) is 29.8 Å². The first-order valence-electron chi connectivity index (χ1n) is 6.37. The lowest BCUT2D eigenvalue weighted by atomic mass is 10.1. The zero-order valence-electron chi connectivity index (χ0n) is 10.8. The Labute approximate surface area is 116 Å². The summed E-state index contributed by atoms with van der Waals surface area (Å²) >= 11 is 0. The van der Waals surface area contributed by atoms with Crippen molar-refractivity contribution in [2.75, 3.05) is 0 Å². The van der Waals surface area contributed by atoms with Crippen LogP contribution in [-0.2, 0) is 6.42 Å². The average Bonchev–Trinajstić information content (AvgIpc) is 2.99. The molecule has 5 heteroatoms. The van der Waals surface area contributed by atoms with Gasteiger partial charge in [-0.2, -0.15) is 15.0 Å². The largest absolute Gasteiger partial charge is 0.386 e. The van der Waals surface area contributed by atoms with Crippen LogP contribution in [-0.4, -0.2) is 25.1 Å². The Kier molecular flexibility index (Phi) is 3.52. The molecule has 0 spiro atoms. The molecule has 0 fully saturated rings. The number of nitrogens with zero attached hydrogens (tertiary/aromatic N) is 4. The second-order valence-corrected chi connectivity index (χ2v) is 4.47. The van der Waals surface area contributed by atoms with E-state index in [2.05, 4.69) is 15.2 Å². The van der Waals surface area contributed by atoms with E-state index in [1.807, 2.05) is 42.5 Å². The quantitative estimate of drug-likeness (QED) is 0.783. The molecule has 0 aliphatic rings. The fourth-order valence-electron chi connectivity index (χ4n) is 1.96. The molecule has 1 unspecified atom stereocenters. The molecule has 0 aliphatic carbocycles. The minimum Gasteiger partial charge on any atom is -0.386 e. The minimum absolute atomic E-state index is 0.496. The van der Waals surface area contributed by atoms with Crippen LogP contribution in [0.2, 0.25) is 0 Å². The summed E-state index contributed by atoms with van der Waals surface area (Å²) in [6.45, 7) is 0. The number of benzene rings is 1. The van der Waals surface area contributed by atoms with Crippen molar-refractivity contribution in [3.8, 4) is 5.69 Å². The molecule has 0 aliphatic heterocycles. The highest BCUT2D eigenvalue weighted by molar-refractivity contribution is 5.28. The maximum Gasteiger partial charge on any atom is 0.112 e. The number of para-hydroxylation sites is 1. The number of aliphatic hydroxyl groups is 1. The van der Waals surface area contributed by atoms with E-state index in [-0.39, 0.29) is 0 Å². The Morgan fingerprint density at radius 1 is 1.05 bits per heavy atom. The third-order valence-corrected chi connectivity index (χ3v) is 3.02. The number of hydrogen-bond acceptors (Lipinski definition) is 4. The van der Waals surface area contributed by atoms with Crippen molar-refractivity contribution >= 4 is 0 Å². The van der Waals surface area contributed by atoms with E-state index in [9.17, 15) is 5.11 Å². The lowest BCUT2D eigenvalue weighted by Crippen LogP contribution is -2.04. The molecule has 2 aromatic heterocycles. The van der Waals surface area contributed by atoms with Gasteiger partial charge in [-0.3, -0.25) is 4.98 Å². The molecule has 0 saturated heterocycles. The first-order valence-corrected chi connectivity index (χ1v) is 6.37. The van der Waals surface area contributed by atoms with E-state index in [0.29, 0.717) is 12.1 Å². The third kappa shape index (κ3) is 2.73. The molecule has 5 nitrogen and oxygen atoms in total. The van der Waals surface area contributed by atoms with E-state index < -0.39 is 6.10 Å². The van der Waals surface area contributed by atoms with Gasteiger partial charge in [-0.25, -0.2) is 0 Å². The van der Waals surface area contributed by atoms with Crippen LogP contribution in [0, 0.1) is 0 Å². The fourth-order valence-corrected chi connectivity index (χ4v) is 1.96. The molecule has 100 valence electrons. The topological polar surface area (TPSA) is 63.8 Å². The van der Waals surface area contributed by atoms with Gasteiger partial charge in [0.15, 0.2) is 0 Å². The summed E-state index contributed by atoms with van der Waals surface area (Å²) in [5.74, 6) is 0. The van der Waals surface area contributed by atoms with Crippen molar-refractivity contribution in [3.63, 3.8) is 0 Å². The van der Waals surface area contributed by atoms with E-state index in [1.165, 1.54) is 4.80 Å². The second-order valence-electron chi connectivity index (χ2n) is 4.47. The van der Waals surface area contributed by atoms with Crippen molar-refractivity contribution in [2.45, 2.75) is 12.5 Å².